The number of rotatable bonds is 8. The Morgan fingerprint density at radius 1 is 0.571 bits per heavy atom. The van der Waals surface area contributed by atoms with Crippen LogP contribution >= 0.6 is 22.7 Å². The number of benzene rings is 2. The van der Waals surface area contributed by atoms with Gasteiger partial charge in [-0.1, -0.05) is 83.1 Å². The average molecular weight is 683 g/mol. The summed E-state index contributed by atoms with van der Waals surface area (Å²) in [5, 5.41) is 20.3. The molecule has 12 heteroatoms. The Labute approximate surface area is 290 Å². The van der Waals surface area contributed by atoms with E-state index in [-0.39, 0.29) is 0 Å². The second-order valence-electron chi connectivity index (χ2n) is 11.0. The van der Waals surface area contributed by atoms with Gasteiger partial charge in [-0.15, -0.1) is 22.7 Å². The third kappa shape index (κ3) is 7.61. The predicted molar refractivity (Wildman–Crippen MR) is 195 cm³/mol. The number of hydrogen-bond acceptors (Lipinski definition) is 12. The van der Waals surface area contributed by atoms with Crippen LogP contribution in [-0.2, 0) is 0 Å². The molecule has 0 saturated heterocycles. The molecule has 6 heterocycles. The first-order valence-corrected chi connectivity index (χ1v) is 17.1. The van der Waals surface area contributed by atoms with Crippen molar-refractivity contribution in [1.82, 2.24) is 30.2 Å². The van der Waals surface area contributed by atoms with Crippen molar-refractivity contribution in [2.45, 2.75) is 20.8 Å². The number of pyridine rings is 2. The van der Waals surface area contributed by atoms with Gasteiger partial charge in [0.2, 0.25) is 0 Å². The molecular weight excluding hydrogens is 653 g/mol. The molecule has 0 unspecified atom stereocenters. The lowest BCUT2D eigenvalue weighted by Crippen LogP contribution is -1.93. The fraction of sp³-hybridized carbons (Fsp3) is 0.0811. The Balaban J connectivity index is 0.000000154. The van der Waals surface area contributed by atoms with Crippen LogP contribution in [0.3, 0.4) is 0 Å². The molecule has 2 aromatic carbocycles. The number of hydrogen-bond donors (Lipinski definition) is 2. The van der Waals surface area contributed by atoms with E-state index in [0.29, 0.717) is 5.76 Å². The summed E-state index contributed by atoms with van der Waals surface area (Å²) in [6, 6.07) is 29.7. The van der Waals surface area contributed by atoms with E-state index in [1.54, 1.807) is 0 Å². The molecule has 10 nitrogen and oxygen atoms in total. The van der Waals surface area contributed by atoms with Crippen molar-refractivity contribution in [1.29, 1.82) is 0 Å². The summed E-state index contributed by atoms with van der Waals surface area (Å²) < 4.78 is 10.9. The van der Waals surface area contributed by atoms with Crippen molar-refractivity contribution < 1.29 is 9.05 Å². The molecule has 0 atom stereocenters. The van der Waals surface area contributed by atoms with Crippen LogP contribution < -0.4 is 10.6 Å². The highest BCUT2D eigenvalue weighted by atomic mass is 32.1. The first-order chi connectivity index (χ1) is 24.0. The fourth-order valence-corrected chi connectivity index (χ4v) is 6.22. The van der Waals surface area contributed by atoms with Crippen LogP contribution in [0.5, 0.6) is 0 Å². The van der Waals surface area contributed by atoms with Gasteiger partial charge in [-0.2, -0.15) is 0 Å². The van der Waals surface area contributed by atoms with Crippen molar-refractivity contribution in [3.05, 3.63) is 131 Å². The van der Waals surface area contributed by atoms with Crippen LogP contribution in [-0.4, -0.2) is 30.2 Å². The highest BCUT2D eigenvalue weighted by Gasteiger charge is 2.19. The molecule has 2 N–H and O–H groups in total. The Morgan fingerprint density at radius 2 is 1.14 bits per heavy atom. The smallest absolute Gasteiger partial charge is 0.188 e. The molecule has 242 valence electrons. The Morgan fingerprint density at radius 3 is 1.73 bits per heavy atom. The van der Waals surface area contributed by atoms with Crippen molar-refractivity contribution in [2.24, 2.45) is 0 Å². The second-order valence-corrected chi connectivity index (χ2v) is 12.8. The molecular formula is C37H30N8O2S2. The van der Waals surface area contributed by atoms with E-state index in [1.165, 1.54) is 22.7 Å². The van der Waals surface area contributed by atoms with Crippen molar-refractivity contribution >= 4 is 44.6 Å². The molecule has 8 rings (SSSR count). The molecule has 0 saturated carbocycles. The van der Waals surface area contributed by atoms with Crippen LogP contribution in [0.1, 0.15) is 16.9 Å². The van der Waals surface area contributed by atoms with Gasteiger partial charge in [0.15, 0.2) is 16.0 Å². The molecule has 0 aliphatic carbocycles. The normalized spacial score (nSPS) is 10.8. The van der Waals surface area contributed by atoms with Crippen LogP contribution in [0.25, 0.3) is 45.2 Å². The largest absolute Gasteiger partial charge is 0.360 e. The summed E-state index contributed by atoms with van der Waals surface area (Å²) in [4.78, 5) is 17.9. The van der Waals surface area contributed by atoms with Crippen LogP contribution in [0, 0.1) is 20.8 Å². The van der Waals surface area contributed by atoms with E-state index in [4.69, 9.17) is 9.05 Å². The zero-order chi connectivity index (χ0) is 33.6. The van der Waals surface area contributed by atoms with E-state index in [1.807, 2.05) is 135 Å². The average Bonchev–Trinajstić information content (AvgIpc) is 3.96. The van der Waals surface area contributed by atoms with Crippen LogP contribution in [0.15, 0.2) is 123 Å². The van der Waals surface area contributed by atoms with Gasteiger partial charge in [0, 0.05) is 40.3 Å². The second kappa shape index (κ2) is 14.4. The molecule has 0 aliphatic heterocycles. The number of aromatic nitrogens is 6. The zero-order valence-corrected chi connectivity index (χ0v) is 28.4. The topological polar surface area (TPSA) is 128 Å². The van der Waals surface area contributed by atoms with E-state index in [0.717, 1.165) is 78.3 Å². The number of aryl methyl sites for hydroxylation is 3. The first kappa shape index (κ1) is 31.6. The first-order valence-electron chi connectivity index (χ1n) is 15.3. The summed E-state index contributed by atoms with van der Waals surface area (Å²) in [5.41, 5.74) is 8.40. The highest BCUT2D eigenvalue weighted by Crippen LogP contribution is 2.36. The Hall–Kier alpha value is -5.98. The lowest BCUT2D eigenvalue weighted by atomic mass is 10.0. The molecule has 6 aromatic heterocycles. The summed E-state index contributed by atoms with van der Waals surface area (Å²) in [6.45, 7) is 5.92. The summed E-state index contributed by atoms with van der Waals surface area (Å²) in [7, 11) is 0. The van der Waals surface area contributed by atoms with E-state index >= 15 is 0 Å². The number of nitrogens with one attached hydrogen (secondary N) is 2. The number of nitrogens with zero attached hydrogens (tertiary/aromatic N) is 6. The third-order valence-corrected chi connectivity index (χ3v) is 8.81. The van der Waals surface area contributed by atoms with Crippen LogP contribution in [0.2, 0.25) is 0 Å². The summed E-state index contributed by atoms with van der Waals surface area (Å²) in [5.74, 6) is 2.94. The standard InChI is InChI=1S/C19H16N4OS.C18H14N4OS/c1-12-8-9-16(20-10-12)22-19-21-15(11-25-19)17-13(2)24-23-18(17)14-6-4-3-5-7-14;1-12-7-8-17(19-10-12)21-18-20-15(11-24-18)16-9-14(22-23-16)13-5-3-2-4-6-13/h3-11H,1-2H3,(H,20,21,22);2-11H,1H3,(H,19,20,21). The van der Waals surface area contributed by atoms with Crippen molar-refractivity contribution in [2.75, 3.05) is 10.6 Å². The third-order valence-electron chi connectivity index (χ3n) is 7.30. The minimum absolute atomic E-state index is 0.648. The lowest BCUT2D eigenvalue weighted by molar-refractivity contribution is 0.400. The van der Waals surface area contributed by atoms with E-state index in [9.17, 15) is 0 Å². The molecule has 0 amide bonds. The lowest BCUT2D eigenvalue weighted by Gasteiger charge is -2.02. The molecule has 49 heavy (non-hydrogen) atoms. The maximum absolute atomic E-state index is 5.44. The maximum atomic E-state index is 5.44. The van der Waals surface area contributed by atoms with Gasteiger partial charge in [-0.25, -0.2) is 19.9 Å². The van der Waals surface area contributed by atoms with Crippen molar-refractivity contribution in [3.63, 3.8) is 0 Å². The highest BCUT2D eigenvalue weighted by molar-refractivity contribution is 7.14. The number of thiazole rings is 2. The fourth-order valence-electron chi connectivity index (χ4n) is 4.80. The predicted octanol–water partition coefficient (Wildman–Crippen LogP) is 10.1. The minimum Gasteiger partial charge on any atom is -0.360 e. The molecule has 0 fully saturated rings. The van der Waals surface area contributed by atoms with Crippen LogP contribution in [0.4, 0.5) is 21.9 Å². The zero-order valence-electron chi connectivity index (χ0n) is 26.8. The maximum Gasteiger partial charge on any atom is 0.188 e. The molecule has 0 radical (unpaired) electrons. The monoisotopic (exact) mass is 682 g/mol. The number of anilines is 4. The molecule has 8 aromatic rings. The van der Waals surface area contributed by atoms with Gasteiger partial charge in [0.25, 0.3) is 0 Å². The van der Waals surface area contributed by atoms with Crippen molar-refractivity contribution in [3.8, 4) is 45.2 Å². The van der Waals surface area contributed by atoms with Gasteiger partial charge in [-0.05, 0) is 44.0 Å². The molecule has 0 spiro atoms. The Kier molecular flexibility index (Phi) is 9.30. The SMILES string of the molecule is Cc1ccc(Nc2nc(-c3c(-c4ccccc4)noc3C)cs2)nc1.Cc1ccc(Nc2nc(-c3cc(-c4ccccc4)no3)cs2)nc1. The van der Waals surface area contributed by atoms with E-state index in [2.05, 4.69) is 40.9 Å². The van der Waals surface area contributed by atoms with E-state index < -0.39 is 0 Å². The van der Waals surface area contributed by atoms with Gasteiger partial charge >= 0.3 is 0 Å². The summed E-state index contributed by atoms with van der Waals surface area (Å²) in [6.07, 6.45) is 3.65. The minimum atomic E-state index is 0.648. The molecule has 0 aliphatic rings. The van der Waals surface area contributed by atoms with Gasteiger partial charge in [-0.3, -0.25) is 0 Å². The molecule has 0 bridgehead atoms. The summed E-state index contributed by atoms with van der Waals surface area (Å²) >= 11 is 3.03. The van der Waals surface area contributed by atoms with Gasteiger partial charge in [0.05, 0.1) is 11.3 Å². The van der Waals surface area contributed by atoms with Gasteiger partial charge < -0.3 is 19.7 Å². The van der Waals surface area contributed by atoms with Gasteiger partial charge in [0.1, 0.15) is 34.5 Å². The Bertz CT molecular complexity index is 2260. The quantitative estimate of drug-likeness (QED) is 0.160.